The molecule has 34 heavy (non-hydrogen) atoms. The van der Waals surface area contributed by atoms with Crippen LogP contribution in [-0.4, -0.2) is 79.6 Å². The van der Waals surface area contributed by atoms with E-state index in [0.717, 1.165) is 31.9 Å². The number of carbonyl (C=O) groups is 3. The number of unbranched alkanes of at least 4 members (excludes halogenated alkanes) is 3. The van der Waals surface area contributed by atoms with Crippen LogP contribution in [0.25, 0.3) is 0 Å². The number of hydrogen-bond acceptors (Lipinski definition) is 8. The van der Waals surface area contributed by atoms with E-state index >= 15 is 0 Å². The highest BCUT2D eigenvalue weighted by molar-refractivity contribution is 7.89. The first-order valence-corrected chi connectivity index (χ1v) is 14.2. The van der Waals surface area contributed by atoms with Gasteiger partial charge < -0.3 is 15.3 Å². The fourth-order valence-corrected chi connectivity index (χ4v) is 5.69. The van der Waals surface area contributed by atoms with Crippen molar-refractivity contribution in [2.75, 3.05) is 19.8 Å². The molecule has 2 fully saturated rings. The number of aliphatic hydroxyl groups is 1. The molecule has 0 spiro atoms. The lowest BCUT2D eigenvalue weighted by atomic mass is 9.97. The van der Waals surface area contributed by atoms with Gasteiger partial charge in [-0.1, -0.05) is 41.3 Å². The molecular formula is C22H39N4O6PS. The summed E-state index contributed by atoms with van der Waals surface area (Å²) in [5.74, 6) is -1.13. The van der Waals surface area contributed by atoms with Crippen molar-refractivity contribution in [2.24, 2.45) is 11.8 Å². The summed E-state index contributed by atoms with van der Waals surface area (Å²) in [6.07, 6.45) is 8.87. The maximum absolute atomic E-state index is 13.0. The van der Waals surface area contributed by atoms with Crippen LogP contribution in [0.4, 0.5) is 0 Å². The van der Waals surface area contributed by atoms with Crippen LogP contribution in [0.1, 0.15) is 52.4 Å². The van der Waals surface area contributed by atoms with Crippen molar-refractivity contribution in [1.29, 1.82) is 0 Å². The first kappa shape index (κ1) is 28.8. The molecule has 7 atom stereocenters. The minimum Gasteiger partial charge on any atom is -0.391 e. The van der Waals surface area contributed by atoms with Gasteiger partial charge in [0.25, 0.3) is 5.91 Å². The fraction of sp³-hybridized carbons (Fsp3) is 0.773. The number of β-amino-alcohol motifs (C(OH)–C–C–N with tert-alkyl or cyclic N) is 1. The second-order valence-corrected chi connectivity index (χ2v) is 11.5. The highest BCUT2D eigenvalue weighted by atomic mass is 32.2. The highest BCUT2D eigenvalue weighted by Crippen LogP contribution is 2.45. The SMILES string of the molecule is CN[C@@H](CCCCC/C=C/[C@@H]1C[C@]1(NP)C(=O)NS(C)(=O)=O)C(=O)N1C[C@H](O)C(C)[C@H]1C(C)=O. The van der Waals surface area contributed by atoms with Crippen molar-refractivity contribution < 1.29 is 27.9 Å². The summed E-state index contributed by atoms with van der Waals surface area (Å²) < 4.78 is 24.7. The Morgan fingerprint density at radius 1 is 1.26 bits per heavy atom. The number of sulfonamides is 1. The van der Waals surface area contributed by atoms with E-state index in [4.69, 9.17) is 0 Å². The molecule has 2 rings (SSSR count). The van der Waals surface area contributed by atoms with E-state index in [1.54, 1.807) is 14.0 Å². The number of allylic oxidation sites excluding steroid dienone is 1. The van der Waals surface area contributed by atoms with E-state index in [0.29, 0.717) is 12.8 Å². The predicted molar refractivity (Wildman–Crippen MR) is 133 cm³/mol. The van der Waals surface area contributed by atoms with E-state index in [1.807, 2.05) is 16.9 Å². The van der Waals surface area contributed by atoms with Gasteiger partial charge in [0.1, 0.15) is 5.54 Å². The van der Waals surface area contributed by atoms with Crippen molar-refractivity contribution in [3.8, 4) is 0 Å². The summed E-state index contributed by atoms with van der Waals surface area (Å²) in [6.45, 7) is 3.44. The predicted octanol–water partition coefficient (Wildman–Crippen LogP) is 0.0921. The fourth-order valence-electron chi connectivity index (χ4n) is 4.70. The van der Waals surface area contributed by atoms with Crippen LogP contribution in [0.3, 0.4) is 0 Å². The number of Topliss-reactive ketones (excluding diaryl/α,β-unsaturated/α-hetero) is 1. The number of nitrogens with zero attached hydrogens (tertiary/aromatic N) is 1. The highest BCUT2D eigenvalue weighted by Gasteiger charge is 2.58. The molecule has 1 saturated carbocycles. The zero-order valence-corrected chi connectivity index (χ0v) is 22.4. The maximum atomic E-state index is 13.0. The number of hydrogen-bond donors (Lipinski definition) is 4. The lowest BCUT2D eigenvalue weighted by Crippen LogP contribution is -2.50. The van der Waals surface area contributed by atoms with Crippen molar-refractivity contribution in [1.82, 2.24) is 20.0 Å². The number of rotatable bonds is 13. The van der Waals surface area contributed by atoms with Crippen molar-refractivity contribution in [3.63, 3.8) is 0 Å². The Hall–Kier alpha value is -1.39. The quantitative estimate of drug-likeness (QED) is 0.153. The Balaban J connectivity index is 1.74. The van der Waals surface area contributed by atoms with Crippen molar-refractivity contribution in [3.05, 3.63) is 12.2 Å². The average Bonchev–Trinajstić information content (AvgIpc) is 3.39. The Labute approximate surface area is 205 Å². The van der Waals surface area contributed by atoms with Crippen LogP contribution in [0.5, 0.6) is 0 Å². The van der Waals surface area contributed by atoms with Gasteiger partial charge >= 0.3 is 0 Å². The number of nitrogens with one attached hydrogen (secondary N) is 3. The van der Waals surface area contributed by atoms with Gasteiger partial charge in [-0.25, -0.2) is 8.42 Å². The zero-order valence-electron chi connectivity index (χ0n) is 20.4. The van der Waals surface area contributed by atoms with Gasteiger partial charge in [0.15, 0.2) is 5.78 Å². The maximum Gasteiger partial charge on any atom is 0.254 e. The largest absolute Gasteiger partial charge is 0.391 e. The molecule has 10 nitrogen and oxygen atoms in total. The molecule has 4 N–H and O–H groups in total. The summed E-state index contributed by atoms with van der Waals surface area (Å²) in [5, 5.41) is 16.0. The normalized spacial score (nSPS) is 29.9. The molecule has 0 bridgehead atoms. The molecule has 1 heterocycles. The van der Waals surface area contributed by atoms with Gasteiger partial charge in [-0.05, 0) is 39.7 Å². The molecule has 1 aliphatic heterocycles. The van der Waals surface area contributed by atoms with Crippen molar-refractivity contribution >= 4 is 37.0 Å². The van der Waals surface area contributed by atoms with E-state index in [-0.39, 0.29) is 30.1 Å². The summed E-state index contributed by atoms with van der Waals surface area (Å²) in [4.78, 5) is 38.7. The number of aliphatic hydroxyl groups excluding tert-OH is 1. The Morgan fingerprint density at radius 2 is 1.94 bits per heavy atom. The van der Waals surface area contributed by atoms with Crippen LogP contribution >= 0.6 is 9.39 Å². The smallest absolute Gasteiger partial charge is 0.254 e. The monoisotopic (exact) mass is 518 g/mol. The average molecular weight is 519 g/mol. The lowest BCUT2D eigenvalue weighted by molar-refractivity contribution is -0.139. The molecule has 2 aliphatic rings. The van der Waals surface area contributed by atoms with Gasteiger partial charge in [0.05, 0.1) is 24.4 Å². The molecule has 1 aliphatic carbocycles. The second-order valence-electron chi connectivity index (χ2n) is 9.51. The van der Waals surface area contributed by atoms with Gasteiger partial charge in [-0.2, -0.15) is 0 Å². The van der Waals surface area contributed by atoms with Gasteiger partial charge in [0, 0.05) is 18.4 Å². The zero-order chi connectivity index (χ0) is 25.7. The van der Waals surface area contributed by atoms with Gasteiger partial charge in [-0.15, -0.1) is 0 Å². The molecule has 2 unspecified atom stereocenters. The second kappa shape index (κ2) is 12.0. The third-order valence-electron chi connectivity index (χ3n) is 6.86. The molecule has 0 radical (unpaired) electrons. The topological polar surface area (TPSA) is 145 Å². The van der Waals surface area contributed by atoms with Crippen LogP contribution in [0, 0.1) is 11.8 Å². The Kier molecular flexibility index (Phi) is 10.2. The number of carbonyl (C=O) groups excluding carboxylic acids is 3. The standard InChI is InChI=1S/C22H39N4O6PS/c1-14-18(28)13-26(19(14)15(2)27)20(29)17(23-3)11-9-7-5-6-8-10-16-12-22(16,25-33)21(30)24-34(4,31)32/h8,10,14,16-19,23,25,28H,5-7,9,11-13,33H2,1-4H3,(H,24,30)/b10-8+/t14?,16-,17+,18+,19+,22-/m1/s1. The third-order valence-corrected chi connectivity index (χ3v) is 7.93. The van der Waals surface area contributed by atoms with Crippen LogP contribution < -0.4 is 15.1 Å². The number of likely N-dealkylation sites (N-methyl/N-ethyl adjacent to an activating group) is 1. The summed E-state index contributed by atoms with van der Waals surface area (Å²) in [6, 6.07) is -0.975. The van der Waals surface area contributed by atoms with Crippen molar-refractivity contribution in [2.45, 2.75) is 76.1 Å². The van der Waals surface area contributed by atoms with E-state index in [2.05, 4.69) is 19.8 Å². The van der Waals surface area contributed by atoms with E-state index in [9.17, 15) is 27.9 Å². The van der Waals surface area contributed by atoms with Gasteiger partial charge in [0.2, 0.25) is 15.9 Å². The molecule has 194 valence electrons. The molecule has 0 aromatic rings. The molecular weight excluding hydrogens is 479 g/mol. The molecule has 0 aromatic heterocycles. The number of ketones is 1. The first-order valence-electron chi connectivity index (χ1n) is 11.7. The minimum absolute atomic E-state index is 0.0644. The van der Waals surface area contributed by atoms with E-state index < -0.39 is 39.7 Å². The first-order chi connectivity index (χ1) is 15.9. The number of likely N-dealkylation sites (tertiary alicyclic amines) is 1. The molecule has 12 heteroatoms. The Bertz CT molecular complexity index is 898. The van der Waals surface area contributed by atoms with Gasteiger partial charge in [-0.3, -0.25) is 24.2 Å². The van der Waals surface area contributed by atoms with Crippen LogP contribution in [0.15, 0.2) is 12.2 Å². The summed E-state index contributed by atoms with van der Waals surface area (Å²) in [5.41, 5.74) is -0.900. The third kappa shape index (κ3) is 7.07. The van der Waals surface area contributed by atoms with Crippen LogP contribution in [-0.2, 0) is 24.4 Å². The van der Waals surface area contributed by atoms with E-state index in [1.165, 1.54) is 11.8 Å². The number of amides is 2. The summed E-state index contributed by atoms with van der Waals surface area (Å²) in [7, 11) is 0.415. The summed E-state index contributed by atoms with van der Waals surface area (Å²) >= 11 is 0. The van der Waals surface area contributed by atoms with Crippen LogP contribution in [0.2, 0.25) is 0 Å². The molecule has 1 saturated heterocycles. The lowest BCUT2D eigenvalue weighted by Gasteiger charge is -2.28. The molecule has 0 aromatic carbocycles. The molecule has 2 amide bonds. The Morgan fingerprint density at radius 3 is 2.50 bits per heavy atom. The minimum atomic E-state index is -3.60.